The molecule has 0 radical (unpaired) electrons. The third-order valence-electron chi connectivity index (χ3n) is 4.19. The number of hydrogen-bond donors (Lipinski definition) is 2. The minimum Gasteiger partial charge on any atom is -0.478 e. The quantitative estimate of drug-likeness (QED) is 0.324. The fourth-order valence-corrected chi connectivity index (χ4v) is 4.04. The van der Waals surface area contributed by atoms with E-state index < -0.39 is 11.9 Å². The van der Waals surface area contributed by atoms with Crippen molar-refractivity contribution in [3.05, 3.63) is 92.9 Å². The number of benzene rings is 4. The molecular weight excluding hydrogens is 488 g/mol. The zero-order valence-electron chi connectivity index (χ0n) is 14.4. The zero-order chi connectivity index (χ0) is 20.3. The Labute approximate surface area is 177 Å². The standard InChI is InChI=1S/2C11H7BrO2/c12-9-6-5-7-3-1-2-4-8(7)10(9)11(13)14;12-10-8-4-2-1-3-7(8)5-6-9(10)11(13)14/h2*1-6H,(H,13,14). The van der Waals surface area contributed by atoms with Gasteiger partial charge in [-0.05, 0) is 65.5 Å². The molecule has 0 atom stereocenters. The number of rotatable bonds is 2. The van der Waals surface area contributed by atoms with Crippen LogP contribution in [0.25, 0.3) is 21.5 Å². The third-order valence-corrected chi connectivity index (χ3v) is 5.70. The van der Waals surface area contributed by atoms with Crippen LogP contribution in [-0.4, -0.2) is 22.2 Å². The molecular formula is C22H14Br2O4. The highest BCUT2D eigenvalue weighted by molar-refractivity contribution is 9.11. The minimum absolute atomic E-state index is 0.295. The molecule has 4 aromatic rings. The van der Waals surface area contributed by atoms with Gasteiger partial charge in [0.25, 0.3) is 0 Å². The summed E-state index contributed by atoms with van der Waals surface area (Å²) in [5.74, 6) is -1.82. The highest BCUT2D eigenvalue weighted by Crippen LogP contribution is 2.28. The fourth-order valence-electron chi connectivity index (χ4n) is 2.86. The SMILES string of the molecule is O=C(O)c1c(Br)ccc2ccccc12.O=C(O)c1ccc2ccccc2c1Br. The van der Waals surface area contributed by atoms with Crippen LogP contribution in [0.5, 0.6) is 0 Å². The topological polar surface area (TPSA) is 74.6 Å². The number of carboxylic acid groups (broad SMARTS) is 2. The summed E-state index contributed by atoms with van der Waals surface area (Å²) in [6.07, 6.45) is 0. The summed E-state index contributed by atoms with van der Waals surface area (Å²) < 4.78 is 1.26. The summed E-state index contributed by atoms with van der Waals surface area (Å²) in [4.78, 5) is 21.8. The average Bonchev–Trinajstić information content (AvgIpc) is 2.68. The number of hydrogen-bond acceptors (Lipinski definition) is 2. The van der Waals surface area contributed by atoms with E-state index in [0.717, 1.165) is 21.5 Å². The van der Waals surface area contributed by atoms with Gasteiger partial charge in [0.15, 0.2) is 0 Å². The molecule has 0 heterocycles. The van der Waals surface area contributed by atoms with Gasteiger partial charge in [-0.25, -0.2) is 9.59 Å². The van der Waals surface area contributed by atoms with Crippen LogP contribution in [0.4, 0.5) is 0 Å². The first kappa shape index (κ1) is 20.0. The fraction of sp³-hybridized carbons (Fsp3) is 0. The van der Waals surface area contributed by atoms with Crippen LogP contribution in [0.1, 0.15) is 20.7 Å². The van der Waals surface area contributed by atoms with Crippen molar-refractivity contribution in [2.75, 3.05) is 0 Å². The Bertz CT molecular complexity index is 1200. The van der Waals surface area contributed by atoms with E-state index in [1.54, 1.807) is 12.1 Å². The van der Waals surface area contributed by atoms with E-state index in [9.17, 15) is 9.59 Å². The third kappa shape index (κ3) is 4.08. The van der Waals surface area contributed by atoms with Crippen LogP contribution in [0.2, 0.25) is 0 Å². The summed E-state index contributed by atoms with van der Waals surface area (Å²) >= 11 is 6.54. The first-order chi connectivity index (χ1) is 13.4. The van der Waals surface area contributed by atoms with Crippen molar-refractivity contribution in [2.45, 2.75) is 0 Å². The van der Waals surface area contributed by atoms with E-state index in [4.69, 9.17) is 10.2 Å². The van der Waals surface area contributed by atoms with Crippen LogP contribution in [0.15, 0.2) is 81.7 Å². The van der Waals surface area contributed by atoms with E-state index in [1.807, 2.05) is 60.7 Å². The van der Waals surface area contributed by atoms with Crippen LogP contribution >= 0.6 is 31.9 Å². The van der Waals surface area contributed by atoms with Gasteiger partial charge in [0.2, 0.25) is 0 Å². The maximum absolute atomic E-state index is 11.0. The van der Waals surface area contributed by atoms with Crippen LogP contribution in [0.3, 0.4) is 0 Å². The Morgan fingerprint density at radius 3 is 1.79 bits per heavy atom. The lowest BCUT2D eigenvalue weighted by Gasteiger charge is -2.03. The molecule has 0 saturated heterocycles. The molecule has 0 amide bonds. The van der Waals surface area contributed by atoms with E-state index in [1.165, 1.54) is 0 Å². The molecule has 4 rings (SSSR count). The number of halogens is 2. The molecule has 6 heteroatoms. The van der Waals surface area contributed by atoms with Gasteiger partial charge in [-0.3, -0.25) is 0 Å². The summed E-state index contributed by atoms with van der Waals surface area (Å²) in [5, 5.41) is 21.6. The average molecular weight is 502 g/mol. The summed E-state index contributed by atoms with van der Waals surface area (Å²) in [5.41, 5.74) is 0.617. The maximum Gasteiger partial charge on any atom is 0.337 e. The predicted octanol–water partition coefficient (Wildman–Crippen LogP) is 6.60. The highest BCUT2D eigenvalue weighted by Gasteiger charge is 2.12. The molecule has 28 heavy (non-hydrogen) atoms. The summed E-state index contributed by atoms with van der Waals surface area (Å²) in [7, 11) is 0. The van der Waals surface area contributed by atoms with Gasteiger partial charge in [-0.1, -0.05) is 60.7 Å². The number of fused-ring (bicyclic) bond motifs is 2. The normalized spacial score (nSPS) is 10.4. The van der Waals surface area contributed by atoms with Gasteiger partial charge < -0.3 is 10.2 Å². The van der Waals surface area contributed by atoms with Gasteiger partial charge in [-0.2, -0.15) is 0 Å². The first-order valence-electron chi connectivity index (χ1n) is 8.21. The second kappa shape index (κ2) is 8.54. The van der Waals surface area contributed by atoms with Crippen LogP contribution in [0, 0.1) is 0 Å². The molecule has 0 aliphatic rings. The van der Waals surface area contributed by atoms with Crippen LogP contribution < -0.4 is 0 Å². The summed E-state index contributed by atoms with van der Waals surface area (Å²) in [6, 6.07) is 22.2. The highest BCUT2D eigenvalue weighted by atomic mass is 79.9. The lowest BCUT2D eigenvalue weighted by Crippen LogP contribution is -1.98. The number of carbonyl (C=O) groups is 2. The Balaban J connectivity index is 0.000000161. The van der Waals surface area contributed by atoms with Crippen molar-refractivity contribution in [3.8, 4) is 0 Å². The van der Waals surface area contributed by atoms with Crippen molar-refractivity contribution >= 4 is 65.3 Å². The molecule has 0 aromatic heterocycles. The Kier molecular flexibility index (Phi) is 6.11. The summed E-state index contributed by atoms with van der Waals surface area (Å²) in [6.45, 7) is 0. The lowest BCUT2D eigenvalue weighted by atomic mass is 10.1. The zero-order valence-corrected chi connectivity index (χ0v) is 17.6. The number of carboxylic acids is 2. The van der Waals surface area contributed by atoms with Gasteiger partial charge in [-0.15, -0.1) is 0 Å². The largest absolute Gasteiger partial charge is 0.478 e. The van der Waals surface area contributed by atoms with E-state index in [-0.39, 0.29) is 0 Å². The molecule has 4 aromatic carbocycles. The Morgan fingerprint density at radius 1 is 0.643 bits per heavy atom. The van der Waals surface area contributed by atoms with Crippen molar-refractivity contribution < 1.29 is 19.8 Å². The van der Waals surface area contributed by atoms with Gasteiger partial charge >= 0.3 is 11.9 Å². The van der Waals surface area contributed by atoms with Crippen molar-refractivity contribution in [2.24, 2.45) is 0 Å². The van der Waals surface area contributed by atoms with E-state index in [2.05, 4.69) is 31.9 Å². The molecule has 0 unspecified atom stereocenters. The maximum atomic E-state index is 11.0. The Hall–Kier alpha value is -2.70. The van der Waals surface area contributed by atoms with Crippen molar-refractivity contribution in [1.82, 2.24) is 0 Å². The second-order valence-electron chi connectivity index (χ2n) is 5.90. The van der Waals surface area contributed by atoms with E-state index in [0.29, 0.717) is 20.1 Å². The smallest absolute Gasteiger partial charge is 0.337 e. The molecule has 0 spiro atoms. The first-order valence-corrected chi connectivity index (χ1v) is 9.80. The molecule has 4 nitrogen and oxygen atoms in total. The molecule has 0 bridgehead atoms. The van der Waals surface area contributed by atoms with Crippen molar-refractivity contribution in [1.29, 1.82) is 0 Å². The molecule has 2 N–H and O–H groups in total. The number of aromatic carboxylic acids is 2. The van der Waals surface area contributed by atoms with Gasteiger partial charge in [0.05, 0.1) is 11.1 Å². The molecule has 0 saturated carbocycles. The molecule has 0 fully saturated rings. The molecule has 140 valence electrons. The molecule has 0 aliphatic carbocycles. The monoisotopic (exact) mass is 500 g/mol. The minimum atomic E-state index is -0.914. The predicted molar refractivity (Wildman–Crippen MR) is 117 cm³/mol. The van der Waals surface area contributed by atoms with Gasteiger partial charge in [0, 0.05) is 8.95 Å². The van der Waals surface area contributed by atoms with Gasteiger partial charge in [0.1, 0.15) is 0 Å². The Morgan fingerprint density at radius 2 is 1.18 bits per heavy atom. The molecule has 0 aliphatic heterocycles. The van der Waals surface area contributed by atoms with Crippen LogP contribution in [-0.2, 0) is 0 Å². The van der Waals surface area contributed by atoms with E-state index >= 15 is 0 Å². The lowest BCUT2D eigenvalue weighted by molar-refractivity contribution is 0.0686. The van der Waals surface area contributed by atoms with Crippen molar-refractivity contribution in [3.63, 3.8) is 0 Å². The second-order valence-corrected chi connectivity index (χ2v) is 7.55.